The molecule has 0 aliphatic carbocycles. The third kappa shape index (κ3) is 7.34. The number of rotatable bonds is 9. The van der Waals surface area contributed by atoms with Crippen LogP contribution in [-0.4, -0.2) is 38.3 Å². The summed E-state index contributed by atoms with van der Waals surface area (Å²) >= 11 is 0. The van der Waals surface area contributed by atoms with Crippen molar-refractivity contribution in [3.05, 3.63) is 0 Å². The maximum atomic E-state index is 11.4. The number of carbonyl (C=O) groups excluding carboxylic acids is 1. The van der Waals surface area contributed by atoms with Crippen LogP contribution in [-0.2, 0) is 9.53 Å². The summed E-state index contributed by atoms with van der Waals surface area (Å²) in [5, 5.41) is 6.21. The number of amides is 1. The molecule has 0 saturated carbocycles. The molecule has 0 aromatic rings. The Morgan fingerprint density at radius 3 is 2.94 bits per heavy atom. The van der Waals surface area contributed by atoms with Gasteiger partial charge in [0.25, 0.3) is 0 Å². The summed E-state index contributed by atoms with van der Waals surface area (Å²) in [6.45, 7) is 5.50. The van der Waals surface area contributed by atoms with Crippen molar-refractivity contribution in [3.8, 4) is 0 Å². The van der Waals surface area contributed by atoms with Gasteiger partial charge in [-0.1, -0.05) is 19.8 Å². The third-order valence-electron chi connectivity index (χ3n) is 3.03. The summed E-state index contributed by atoms with van der Waals surface area (Å²) < 4.78 is 5.49. The van der Waals surface area contributed by atoms with Crippen LogP contribution in [0.1, 0.15) is 45.4 Å². The lowest BCUT2D eigenvalue weighted by atomic mass is 10.2. The molecule has 0 aromatic heterocycles. The van der Waals surface area contributed by atoms with Crippen LogP contribution < -0.4 is 10.6 Å². The Morgan fingerprint density at radius 2 is 2.24 bits per heavy atom. The molecule has 1 aliphatic rings. The zero-order valence-electron chi connectivity index (χ0n) is 11.0. The smallest absolute Gasteiger partial charge is 0.221 e. The van der Waals surface area contributed by atoms with Crippen LogP contribution in [0.4, 0.5) is 0 Å². The molecule has 1 fully saturated rings. The maximum absolute atomic E-state index is 11.4. The van der Waals surface area contributed by atoms with Gasteiger partial charge in [0.1, 0.15) is 0 Å². The predicted octanol–water partition coefficient (Wildman–Crippen LogP) is 1.45. The fourth-order valence-electron chi connectivity index (χ4n) is 1.96. The van der Waals surface area contributed by atoms with Crippen LogP contribution in [0.2, 0.25) is 0 Å². The molecule has 17 heavy (non-hydrogen) atoms. The second kappa shape index (κ2) is 9.42. The highest BCUT2D eigenvalue weighted by Gasteiger charge is 2.14. The molecule has 1 saturated heterocycles. The van der Waals surface area contributed by atoms with Crippen LogP contribution in [0.15, 0.2) is 0 Å². The van der Waals surface area contributed by atoms with Crippen molar-refractivity contribution in [2.24, 2.45) is 0 Å². The molecule has 4 nitrogen and oxygen atoms in total. The quantitative estimate of drug-likeness (QED) is 0.602. The van der Waals surface area contributed by atoms with Gasteiger partial charge in [-0.25, -0.2) is 0 Å². The van der Waals surface area contributed by atoms with E-state index in [-0.39, 0.29) is 5.91 Å². The first-order valence-corrected chi connectivity index (χ1v) is 6.92. The lowest BCUT2D eigenvalue weighted by molar-refractivity contribution is -0.121. The van der Waals surface area contributed by atoms with E-state index in [0.29, 0.717) is 12.5 Å². The van der Waals surface area contributed by atoms with Gasteiger partial charge >= 0.3 is 0 Å². The second-order valence-electron chi connectivity index (χ2n) is 4.65. The van der Waals surface area contributed by atoms with Crippen LogP contribution in [0.5, 0.6) is 0 Å². The van der Waals surface area contributed by atoms with Gasteiger partial charge in [0.05, 0.1) is 6.10 Å². The lowest BCUT2D eigenvalue weighted by Gasteiger charge is -2.10. The normalized spacial score (nSPS) is 19.5. The maximum Gasteiger partial charge on any atom is 0.221 e. The van der Waals surface area contributed by atoms with Crippen LogP contribution in [0.25, 0.3) is 0 Å². The fraction of sp³-hybridized carbons (Fsp3) is 0.923. The fourth-order valence-corrected chi connectivity index (χ4v) is 1.96. The zero-order chi connectivity index (χ0) is 12.3. The predicted molar refractivity (Wildman–Crippen MR) is 69.0 cm³/mol. The second-order valence-corrected chi connectivity index (χ2v) is 4.65. The van der Waals surface area contributed by atoms with Gasteiger partial charge < -0.3 is 15.4 Å². The van der Waals surface area contributed by atoms with E-state index in [4.69, 9.17) is 4.74 Å². The first-order chi connectivity index (χ1) is 8.33. The largest absolute Gasteiger partial charge is 0.377 e. The Morgan fingerprint density at radius 1 is 1.35 bits per heavy atom. The van der Waals surface area contributed by atoms with Crippen molar-refractivity contribution in [1.82, 2.24) is 10.6 Å². The number of nitrogens with one attached hydrogen (secondary N) is 2. The van der Waals surface area contributed by atoms with Gasteiger partial charge in [-0.15, -0.1) is 0 Å². The molecule has 2 N–H and O–H groups in total. The summed E-state index contributed by atoms with van der Waals surface area (Å²) in [5.74, 6) is 0.154. The van der Waals surface area contributed by atoms with Crippen molar-refractivity contribution in [2.45, 2.75) is 51.6 Å². The van der Waals surface area contributed by atoms with Gasteiger partial charge in [-0.2, -0.15) is 0 Å². The molecule has 0 aromatic carbocycles. The average Bonchev–Trinajstić information content (AvgIpc) is 2.83. The molecule has 1 heterocycles. The molecule has 1 aliphatic heterocycles. The first kappa shape index (κ1) is 14.5. The molecule has 4 heteroatoms. The van der Waals surface area contributed by atoms with E-state index >= 15 is 0 Å². The molecule has 0 spiro atoms. The summed E-state index contributed by atoms with van der Waals surface area (Å²) in [7, 11) is 0. The Hall–Kier alpha value is -0.610. The van der Waals surface area contributed by atoms with Crippen molar-refractivity contribution in [1.29, 1.82) is 0 Å². The molecule has 1 rings (SSSR count). The summed E-state index contributed by atoms with van der Waals surface area (Å²) in [6.07, 6.45) is 6.73. The standard InChI is InChI=1S/C13H26N2O2/c1-2-3-4-8-15-13(16)7-9-14-11-12-6-5-10-17-12/h12,14H,2-11H2,1H3,(H,15,16). The number of ether oxygens (including phenoxy) is 1. The minimum Gasteiger partial charge on any atom is -0.377 e. The highest BCUT2D eigenvalue weighted by atomic mass is 16.5. The number of hydrogen-bond acceptors (Lipinski definition) is 3. The van der Waals surface area contributed by atoms with E-state index in [9.17, 15) is 4.79 Å². The molecular formula is C13H26N2O2. The number of unbranched alkanes of at least 4 members (excludes halogenated alkanes) is 2. The average molecular weight is 242 g/mol. The summed E-state index contributed by atoms with van der Waals surface area (Å²) in [5.41, 5.74) is 0. The van der Waals surface area contributed by atoms with E-state index in [1.807, 2.05) is 0 Å². The van der Waals surface area contributed by atoms with Crippen molar-refractivity contribution >= 4 is 5.91 Å². The monoisotopic (exact) mass is 242 g/mol. The van der Waals surface area contributed by atoms with Crippen molar-refractivity contribution in [2.75, 3.05) is 26.2 Å². The minimum absolute atomic E-state index is 0.154. The van der Waals surface area contributed by atoms with E-state index in [1.165, 1.54) is 19.3 Å². The molecule has 0 bridgehead atoms. The SMILES string of the molecule is CCCCCNC(=O)CCNCC1CCCO1. The van der Waals surface area contributed by atoms with E-state index < -0.39 is 0 Å². The van der Waals surface area contributed by atoms with Crippen molar-refractivity contribution < 1.29 is 9.53 Å². The Bertz CT molecular complexity index is 204. The molecule has 100 valence electrons. The number of hydrogen-bond donors (Lipinski definition) is 2. The highest BCUT2D eigenvalue weighted by Crippen LogP contribution is 2.10. The molecule has 0 radical (unpaired) electrons. The molecular weight excluding hydrogens is 216 g/mol. The van der Waals surface area contributed by atoms with Gasteiger partial charge in [0.2, 0.25) is 5.91 Å². The van der Waals surface area contributed by atoms with E-state index in [0.717, 1.165) is 39.1 Å². The molecule has 1 unspecified atom stereocenters. The van der Waals surface area contributed by atoms with E-state index in [1.54, 1.807) is 0 Å². The first-order valence-electron chi connectivity index (χ1n) is 6.92. The van der Waals surface area contributed by atoms with Crippen molar-refractivity contribution in [3.63, 3.8) is 0 Å². The Balaban J connectivity index is 1.85. The number of carbonyl (C=O) groups is 1. The molecule has 1 atom stereocenters. The van der Waals surface area contributed by atoms with Crippen LogP contribution in [0.3, 0.4) is 0 Å². The Kier molecular flexibility index (Phi) is 8.01. The van der Waals surface area contributed by atoms with Gasteiger partial charge in [-0.05, 0) is 19.3 Å². The minimum atomic E-state index is 0.154. The topological polar surface area (TPSA) is 50.4 Å². The summed E-state index contributed by atoms with van der Waals surface area (Å²) in [4.78, 5) is 11.4. The van der Waals surface area contributed by atoms with Gasteiger partial charge in [-0.3, -0.25) is 4.79 Å². The summed E-state index contributed by atoms with van der Waals surface area (Å²) in [6, 6.07) is 0. The highest BCUT2D eigenvalue weighted by molar-refractivity contribution is 5.75. The molecule has 1 amide bonds. The van der Waals surface area contributed by atoms with Gasteiger partial charge in [0.15, 0.2) is 0 Å². The van der Waals surface area contributed by atoms with Crippen LogP contribution in [0, 0.1) is 0 Å². The van der Waals surface area contributed by atoms with Crippen LogP contribution >= 0.6 is 0 Å². The lowest BCUT2D eigenvalue weighted by Crippen LogP contribution is -2.31. The van der Waals surface area contributed by atoms with E-state index in [2.05, 4.69) is 17.6 Å². The third-order valence-corrected chi connectivity index (χ3v) is 3.03. The zero-order valence-corrected chi connectivity index (χ0v) is 11.0. The van der Waals surface area contributed by atoms with Gasteiger partial charge in [0, 0.05) is 32.7 Å². The Labute approximate surface area is 104 Å².